The summed E-state index contributed by atoms with van der Waals surface area (Å²) in [5, 5.41) is 12.9. The van der Waals surface area contributed by atoms with Crippen molar-refractivity contribution in [2.45, 2.75) is 64.9 Å². The van der Waals surface area contributed by atoms with E-state index in [0.717, 1.165) is 19.4 Å². The van der Waals surface area contributed by atoms with E-state index < -0.39 is 5.60 Å². The number of aliphatic hydroxyl groups excluding tert-OH is 1. The van der Waals surface area contributed by atoms with Gasteiger partial charge in [0.05, 0.1) is 6.42 Å². The molecule has 0 radical (unpaired) electrons. The molecule has 1 saturated carbocycles. The molecule has 0 atom stereocenters. The zero-order valence-corrected chi connectivity index (χ0v) is 12.6. The van der Waals surface area contributed by atoms with Crippen molar-refractivity contribution in [3.05, 3.63) is 0 Å². The Morgan fingerprint density at radius 2 is 1.89 bits per heavy atom. The summed E-state index contributed by atoms with van der Waals surface area (Å²) in [4.78, 5) is 11.5. The smallest absolute Gasteiger partial charge is 0.307 e. The van der Waals surface area contributed by atoms with Crippen LogP contribution in [-0.4, -0.2) is 36.4 Å². The van der Waals surface area contributed by atoms with E-state index in [1.807, 2.05) is 20.8 Å². The maximum absolute atomic E-state index is 11.5. The summed E-state index contributed by atoms with van der Waals surface area (Å²) in [6.45, 7) is 7.29. The quantitative estimate of drug-likeness (QED) is 0.574. The summed E-state index contributed by atoms with van der Waals surface area (Å²) in [6, 6.07) is 0. The second-order valence-electron chi connectivity index (χ2n) is 6.73. The van der Waals surface area contributed by atoms with E-state index in [9.17, 15) is 9.90 Å². The van der Waals surface area contributed by atoms with Crippen LogP contribution in [0.1, 0.15) is 59.3 Å². The van der Waals surface area contributed by atoms with E-state index in [2.05, 4.69) is 5.32 Å². The zero-order chi connectivity index (χ0) is 14.4. The second-order valence-corrected chi connectivity index (χ2v) is 6.73. The van der Waals surface area contributed by atoms with E-state index in [1.165, 1.54) is 19.3 Å². The molecule has 0 aromatic rings. The molecule has 0 saturated heterocycles. The van der Waals surface area contributed by atoms with Crippen LogP contribution in [0.2, 0.25) is 0 Å². The Bertz CT molecular complexity index is 278. The van der Waals surface area contributed by atoms with Gasteiger partial charge in [0, 0.05) is 25.1 Å². The minimum Gasteiger partial charge on any atom is -0.460 e. The van der Waals surface area contributed by atoms with E-state index in [0.29, 0.717) is 13.0 Å². The Morgan fingerprint density at radius 3 is 2.42 bits per heavy atom. The van der Waals surface area contributed by atoms with Crippen LogP contribution < -0.4 is 5.32 Å². The Kier molecular flexibility index (Phi) is 6.27. The Hall–Kier alpha value is -0.610. The van der Waals surface area contributed by atoms with Gasteiger partial charge in [0.25, 0.3) is 0 Å². The molecule has 1 rings (SSSR count). The van der Waals surface area contributed by atoms with Gasteiger partial charge in [-0.1, -0.05) is 19.3 Å². The largest absolute Gasteiger partial charge is 0.460 e. The lowest BCUT2D eigenvalue weighted by atomic mass is 9.74. The second kappa shape index (κ2) is 7.25. The van der Waals surface area contributed by atoms with Gasteiger partial charge in [-0.25, -0.2) is 0 Å². The average molecular weight is 271 g/mol. The number of esters is 1. The Balaban J connectivity index is 2.20. The van der Waals surface area contributed by atoms with Crippen LogP contribution in [0, 0.1) is 5.41 Å². The lowest BCUT2D eigenvalue weighted by Crippen LogP contribution is -2.40. The minimum absolute atomic E-state index is 0.0339. The SMILES string of the molecule is CC(C)(C)OC(=O)CCNCC1(CO)CCCCC1. The average Bonchev–Trinajstić information content (AvgIpc) is 2.34. The summed E-state index contributed by atoms with van der Waals surface area (Å²) in [5.41, 5.74) is -0.376. The monoisotopic (exact) mass is 271 g/mol. The van der Waals surface area contributed by atoms with Gasteiger partial charge in [-0.2, -0.15) is 0 Å². The molecular formula is C15H29NO3. The molecular weight excluding hydrogens is 242 g/mol. The van der Waals surface area contributed by atoms with Crippen LogP contribution in [0.15, 0.2) is 0 Å². The Labute approximate surface area is 116 Å². The van der Waals surface area contributed by atoms with Crippen molar-refractivity contribution < 1.29 is 14.6 Å². The van der Waals surface area contributed by atoms with Gasteiger partial charge in [0.2, 0.25) is 0 Å². The topological polar surface area (TPSA) is 58.6 Å². The number of hydrogen-bond acceptors (Lipinski definition) is 4. The van der Waals surface area contributed by atoms with Crippen molar-refractivity contribution in [3.8, 4) is 0 Å². The van der Waals surface area contributed by atoms with Gasteiger partial charge in [-0.05, 0) is 33.6 Å². The summed E-state index contributed by atoms with van der Waals surface area (Å²) < 4.78 is 5.25. The first-order valence-corrected chi connectivity index (χ1v) is 7.40. The lowest BCUT2D eigenvalue weighted by molar-refractivity contribution is -0.154. The van der Waals surface area contributed by atoms with Gasteiger partial charge in [-0.3, -0.25) is 4.79 Å². The molecule has 1 aliphatic rings. The molecule has 0 aromatic heterocycles. The predicted octanol–water partition coefficient (Wildman–Crippen LogP) is 2.25. The summed E-state index contributed by atoms with van der Waals surface area (Å²) in [7, 11) is 0. The van der Waals surface area contributed by atoms with Crippen LogP contribution in [-0.2, 0) is 9.53 Å². The zero-order valence-electron chi connectivity index (χ0n) is 12.6. The van der Waals surface area contributed by atoms with Gasteiger partial charge in [-0.15, -0.1) is 0 Å². The highest BCUT2D eigenvalue weighted by Gasteiger charge is 2.30. The molecule has 0 amide bonds. The van der Waals surface area contributed by atoms with Crippen molar-refractivity contribution in [2.75, 3.05) is 19.7 Å². The normalized spacial score (nSPS) is 19.2. The molecule has 4 heteroatoms. The first-order valence-electron chi connectivity index (χ1n) is 7.40. The number of ether oxygens (including phenoxy) is 1. The van der Waals surface area contributed by atoms with Crippen molar-refractivity contribution in [3.63, 3.8) is 0 Å². The number of hydrogen-bond donors (Lipinski definition) is 2. The Morgan fingerprint density at radius 1 is 1.26 bits per heavy atom. The minimum atomic E-state index is -0.410. The molecule has 0 unspecified atom stereocenters. The molecule has 4 nitrogen and oxygen atoms in total. The predicted molar refractivity (Wildman–Crippen MR) is 75.9 cm³/mol. The molecule has 0 spiro atoms. The molecule has 19 heavy (non-hydrogen) atoms. The summed E-state index contributed by atoms with van der Waals surface area (Å²) in [6.07, 6.45) is 6.24. The van der Waals surface area contributed by atoms with Crippen molar-refractivity contribution in [1.29, 1.82) is 0 Å². The van der Waals surface area contributed by atoms with Crippen LogP contribution >= 0.6 is 0 Å². The fourth-order valence-electron chi connectivity index (χ4n) is 2.63. The molecule has 1 aliphatic carbocycles. The molecule has 112 valence electrons. The van der Waals surface area contributed by atoms with Gasteiger partial charge in [0.1, 0.15) is 5.60 Å². The van der Waals surface area contributed by atoms with Crippen molar-refractivity contribution >= 4 is 5.97 Å². The molecule has 2 N–H and O–H groups in total. The third-order valence-electron chi connectivity index (χ3n) is 3.68. The fourth-order valence-corrected chi connectivity index (χ4v) is 2.63. The van der Waals surface area contributed by atoms with Crippen LogP contribution in [0.4, 0.5) is 0 Å². The highest BCUT2D eigenvalue weighted by atomic mass is 16.6. The third kappa shape index (κ3) is 6.39. The molecule has 1 fully saturated rings. The highest BCUT2D eigenvalue weighted by Crippen LogP contribution is 2.35. The molecule has 0 aliphatic heterocycles. The first-order chi connectivity index (χ1) is 8.87. The van der Waals surface area contributed by atoms with Gasteiger partial charge >= 0.3 is 5.97 Å². The van der Waals surface area contributed by atoms with Crippen molar-refractivity contribution in [1.82, 2.24) is 5.32 Å². The number of aliphatic hydroxyl groups is 1. The van der Waals surface area contributed by atoms with Crippen LogP contribution in [0.25, 0.3) is 0 Å². The fraction of sp³-hybridized carbons (Fsp3) is 0.933. The number of carbonyl (C=O) groups excluding carboxylic acids is 1. The van der Waals surface area contributed by atoms with Crippen molar-refractivity contribution in [2.24, 2.45) is 5.41 Å². The van der Waals surface area contributed by atoms with E-state index in [4.69, 9.17) is 4.74 Å². The first kappa shape index (κ1) is 16.4. The maximum atomic E-state index is 11.5. The van der Waals surface area contributed by atoms with Crippen LogP contribution in [0.5, 0.6) is 0 Å². The third-order valence-corrected chi connectivity index (χ3v) is 3.68. The lowest BCUT2D eigenvalue weighted by Gasteiger charge is -2.35. The van der Waals surface area contributed by atoms with E-state index in [1.54, 1.807) is 0 Å². The number of nitrogens with one attached hydrogen (secondary N) is 1. The summed E-state index contributed by atoms with van der Waals surface area (Å²) in [5.74, 6) is -0.165. The van der Waals surface area contributed by atoms with E-state index in [-0.39, 0.29) is 18.0 Å². The molecule has 0 bridgehead atoms. The van der Waals surface area contributed by atoms with Crippen LogP contribution in [0.3, 0.4) is 0 Å². The molecule has 0 heterocycles. The maximum Gasteiger partial charge on any atom is 0.307 e. The summed E-state index contributed by atoms with van der Waals surface area (Å²) >= 11 is 0. The highest BCUT2D eigenvalue weighted by molar-refractivity contribution is 5.70. The number of carbonyl (C=O) groups is 1. The standard InChI is InChI=1S/C15H29NO3/c1-14(2,3)19-13(18)7-10-16-11-15(12-17)8-5-4-6-9-15/h16-17H,4-12H2,1-3H3. The van der Waals surface area contributed by atoms with Gasteiger partial charge < -0.3 is 15.2 Å². The van der Waals surface area contributed by atoms with E-state index >= 15 is 0 Å². The molecule has 0 aromatic carbocycles. The van der Waals surface area contributed by atoms with Gasteiger partial charge in [0.15, 0.2) is 0 Å². The number of rotatable bonds is 6.